The normalized spacial score (nSPS) is 15.1. The Morgan fingerprint density at radius 2 is 2.11 bits per heavy atom. The van der Waals surface area contributed by atoms with Crippen LogP contribution in [0.1, 0.15) is 18.7 Å². The van der Waals surface area contributed by atoms with E-state index in [1.807, 2.05) is 12.1 Å². The van der Waals surface area contributed by atoms with Gasteiger partial charge in [-0.1, -0.05) is 5.16 Å². The van der Waals surface area contributed by atoms with Gasteiger partial charge < -0.3 is 20.3 Å². The molecule has 100 valence electrons. The van der Waals surface area contributed by atoms with Crippen LogP contribution in [0, 0.1) is 0 Å². The van der Waals surface area contributed by atoms with E-state index in [1.54, 1.807) is 6.07 Å². The molecule has 19 heavy (non-hydrogen) atoms. The number of phenols is 1. The van der Waals surface area contributed by atoms with Gasteiger partial charge in [0.05, 0.1) is 12.1 Å². The van der Waals surface area contributed by atoms with Gasteiger partial charge in [0.2, 0.25) is 11.7 Å². The molecule has 1 aromatic carbocycles. The largest absolute Gasteiger partial charge is 0.507 e. The minimum Gasteiger partial charge on any atom is -0.507 e. The highest BCUT2D eigenvalue weighted by atomic mass is 16.5. The quantitative estimate of drug-likeness (QED) is 0.869. The summed E-state index contributed by atoms with van der Waals surface area (Å²) >= 11 is 0. The highest BCUT2D eigenvalue weighted by Gasteiger charge is 2.17. The third kappa shape index (κ3) is 2.26. The highest BCUT2D eigenvalue weighted by molar-refractivity contribution is 5.69. The lowest BCUT2D eigenvalue weighted by Crippen LogP contribution is -2.17. The first-order valence-electron chi connectivity index (χ1n) is 6.39. The Labute approximate surface area is 110 Å². The van der Waals surface area contributed by atoms with E-state index in [4.69, 9.17) is 10.3 Å². The summed E-state index contributed by atoms with van der Waals surface area (Å²) in [5.74, 6) is 0.882. The summed E-state index contributed by atoms with van der Waals surface area (Å²) < 4.78 is 4.98. The van der Waals surface area contributed by atoms with Crippen LogP contribution in [0.2, 0.25) is 0 Å². The predicted molar refractivity (Wildman–Crippen MR) is 70.7 cm³/mol. The van der Waals surface area contributed by atoms with Gasteiger partial charge >= 0.3 is 0 Å². The molecule has 0 unspecified atom stereocenters. The number of aromatic nitrogens is 2. The molecule has 0 bridgehead atoms. The molecule has 0 saturated carbocycles. The molecule has 1 fully saturated rings. The molecule has 0 atom stereocenters. The molecule has 0 amide bonds. The van der Waals surface area contributed by atoms with Crippen LogP contribution in [-0.2, 0) is 6.54 Å². The van der Waals surface area contributed by atoms with Crippen molar-refractivity contribution in [1.29, 1.82) is 0 Å². The van der Waals surface area contributed by atoms with E-state index in [1.165, 1.54) is 12.8 Å². The topological polar surface area (TPSA) is 88.4 Å². The number of nitrogens with zero attached hydrogens (tertiary/aromatic N) is 3. The Morgan fingerprint density at radius 1 is 1.32 bits per heavy atom. The number of hydrogen-bond acceptors (Lipinski definition) is 6. The average molecular weight is 260 g/mol. The van der Waals surface area contributed by atoms with E-state index in [-0.39, 0.29) is 12.3 Å². The van der Waals surface area contributed by atoms with Crippen LogP contribution in [0.3, 0.4) is 0 Å². The lowest BCUT2D eigenvalue weighted by molar-refractivity contribution is 0.380. The molecule has 0 radical (unpaired) electrons. The standard InChI is InChI=1S/C13H16N4O2/c14-8-12-15-13(16-19-12)10-7-9(3-4-11(10)18)17-5-1-2-6-17/h3-4,7,18H,1-2,5-6,8,14H2. The zero-order valence-electron chi connectivity index (χ0n) is 10.5. The van der Waals surface area contributed by atoms with E-state index >= 15 is 0 Å². The lowest BCUT2D eigenvalue weighted by Gasteiger charge is -2.18. The first kappa shape index (κ1) is 12.0. The molecule has 1 aliphatic rings. The fourth-order valence-electron chi connectivity index (χ4n) is 2.32. The Balaban J connectivity index is 1.97. The molecule has 6 heteroatoms. The Kier molecular flexibility index (Phi) is 3.08. The zero-order valence-corrected chi connectivity index (χ0v) is 10.5. The van der Waals surface area contributed by atoms with Crippen molar-refractivity contribution in [2.24, 2.45) is 5.73 Å². The van der Waals surface area contributed by atoms with Crippen LogP contribution >= 0.6 is 0 Å². The molecule has 0 spiro atoms. The third-order valence-corrected chi connectivity index (χ3v) is 3.33. The predicted octanol–water partition coefficient (Wildman–Crippen LogP) is 1.50. The molecular weight excluding hydrogens is 244 g/mol. The first-order chi connectivity index (χ1) is 9.28. The number of anilines is 1. The molecule has 2 heterocycles. The van der Waals surface area contributed by atoms with Gasteiger partial charge in [0.25, 0.3) is 0 Å². The van der Waals surface area contributed by atoms with Crippen LogP contribution in [-0.4, -0.2) is 28.3 Å². The summed E-state index contributed by atoms with van der Waals surface area (Å²) in [5.41, 5.74) is 7.09. The van der Waals surface area contributed by atoms with Gasteiger partial charge in [-0.2, -0.15) is 4.98 Å². The molecule has 2 aromatic rings. The first-order valence-corrected chi connectivity index (χ1v) is 6.39. The van der Waals surface area contributed by atoms with Gasteiger partial charge in [0.1, 0.15) is 5.75 Å². The third-order valence-electron chi connectivity index (χ3n) is 3.33. The van der Waals surface area contributed by atoms with Crippen LogP contribution in [0.5, 0.6) is 5.75 Å². The van der Waals surface area contributed by atoms with Crippen molar-refractivity contribution in [3.05, 3.63) is 24.1 Å². The summed E-state index contributed by atoms with van der Waals surface area (Å²) in [6.07, 6.45) is 2.41. The number of rotatable bonds is 3. The second kappa shape index (κ2) is 4.89. The number of phenolic OH excluding ortho intramolecular Hbond substituents is 1. The van der Waals surface area contributed by atoms with Gasteiger partial charge in [-0.15, -0.1) is 0 Å². The van der Waals surface area contributed by atoms with Crippen LogP contribution < -0.4 is 10.6 Å². The summed E-state index contributed by atoms with van der Waals surface area (Å²) in [6, 6.07) is 5.47. The van der Waals surface area contributed by atoms with Crippen molar-refractivity contribution in [3.63, 3.8) is 0 Å². The molecule has 1 aliphatic heterocycles. The van der Waals surface area contributed by atoms with Gasteiger partial charge in [0, 0.05) is 18.8 Å². The molecule has 3 N–H and O–H groups in total. The van der Waals surface area contributed by atoms with Crippen molar-refractivity contribution in [3.8, 4) is 17.1 Å². The van der Waals surface area contributed by atoms with E-state index < -0.39 is 0 Å². The lowest BCUT2D eigenvalue weighted by atomic mass is 10.1. The zero-order chi connectivity index (χ0) is 13.2. The number of benzene rings is 1. The van der Waals surface area contributed by atoms with Crippen molar-refractivity contribution in [1.82, 2.24) is 10.1 Å². The van der Waals surface area contributed by atoms with E-state index in [9.17, 15) is 5.11 Å². The van der Waals surface area contributed by atoms with Crippen LogP contribution in [0.15, 0.2) is 22.7 Å². The number of nitrogens with two attached hydrogens (primary N) is 1. The number of aromatic hydroxyl groups is 1. The Hall–Kier alpha value is -2.08. The van der Waals surface area contributed by atoms with E-state index in [0.29, 0.717) is 17.3 Å². The SMILES string of the molecule is NCc1nc(-c2cc(N3CCCC3)ccc2O)no1. The van der Waals surface area contributed by atoms with Crippen molar-refractivity contribution in [2.75, 3.05) is 18.0 Å². The summed E-state index contributed by atoms with van der Waals surface area (Å²) in [6.45, 7) is 2.29. The molecule has 0 aliphatic carbocycles. The summed E-state index contributed by atoms with van der Waals surface area (Å²) in [5, 5.41) is 13.8. The Morgan fingerprint density at radius 3 is 2.79 bits per heavy atom. The van der Waals surface area contributed by atoms with Gasteiger partial charge in [-0.3, -0.25) is 0 Å². The van der Waals surface area contributed by atoms with E-state index in [0.717, 1.165) is 18.8 Å². The summed E-state index contributed by atoms with van der Waals surface area (Å²) in [4.78, 5) is 6.43. The van der Waals surface area contributed by atoms with Crippen LogP contribution in [0.25, 0.3) is 11.4 Å². The van der Waals surface area contributed by atoms with Crippen molar-refractivity contribution in [2.45, 2.75) is 19.4 Å². The fourth-order valence-corrected chi connectivity index (χ4v) is 2.32. The maximum absolute atomic E-state index is 9.94. The second-order valence-electron chi connectivity index (χ2n) is 4.61. The Bertz CT molecular complexity index is 576. The molecule has 1 saturated heterocycles. The molecule has 1 aromatic heterocycles. The number of hydrogen-bond donors (Lipinski definition) is 2. The second-order valence-corrected chi connectivity index (χ2v) is 4.61. The van der Waals surface area contributed by atoms with Gasteiger partial charge in [-0.25, -0.2) is 0 Å². The molecule has 6 nitrogen and oxygen atoms in total. The molecule has 3 rings (SSSR count). The minimum atomic E-state index is 0.146. The maximum atomic E-state index is 9.94. The smallest absolute Gasteiger partial charge is 0.240 e. The highest BCUT2D eigenvalue weighted by Crippen LogP contribution is 2.32. The van der Waals surface area contributed by atoms with Gasteiger partial charge in [0.15, 0.2) is 0 Å². The summed E-state index contributed by atoms with van der Waals surface area (Å²) in [7, 11) is 0. The van der Waals surface area contributed by atoms with Crippen molar-refractivity contribution < 1.29 is 9.63 Å². The monoisotopic (exact) mass is 260 g/mol. The molecular formula is C13H16N4O2. The van der Waals surface area contributed by atoms with E-state index in [2.05, 4.69) is 15.0 Å². The van der Waals surface area contributed by atoms with Crippen LogP contribution in [0.4, 0.5) is 5.69 Å². The minimum absolute atomic E-state index is 0.146. The van der Waals surface area contributed by atoms with Crippen molar-refractivity contribution >= 4 is 5.69 Å². The maximum Gasteiger partial charge on any atom is 0.240 e. The fraction of sp³-hybridized carbons (Fsp3) is 0.385. The van der Waals surface area contributed by atoms with Gasteiger partial charge in [-0.05, 0) is 31.0 Å². The average Bonchev–Trinajstić information content (AvgIpc) is 3.10.